The topological polar surface area (TPSA) is 79.5 Å². The standard InChI is InChI=1S/C23H23F2NO4/c1-4-5-10-23(3,22(29)30)20-13(2)26(19-9-7-15(27)12-16(19)20)21(28)14-6-8-17(24)18(25)11-14/h6-9,11-12,27H,4-5,10H2,1-3H3,(H,29,30)/t23-/m1/s1. The number of aromatic nitrogens is 1. The number of hydrogen-bond acceptors (Lipinski definition) is 3. The lowest BCUT2D eigenvalue weighted by Gasteiger charge is -2.26. The lowest BCUT2D eigenvalue weighted by molar-refractivity contribution is -0.143. The van der Waals surface area contributed by atoms with E-state index >= 15 is 0 Å². The minimum atomic E-state index is -1.30. The molecule has 2 N–H and O–H groups in total. The second-order valence-corrected chi connectivity index (χ2v) is 7.67. The van der Waals surface area contributed by atoms with E-state index in [0.29, 0.717) is 35.0 Å². The Morgan fingerprint density at radius 3 is 2.40 bits per heavy atom. The van der Waals surface area contributed by atoms with E-state index in [1.807, 2.05) is 6.92 Å². The van der Waals surface area contributed by atoms with Crippen LogP contribution >= 0.6 is 0 Å². The summed E-state index contributed by atoms with van der Waals surface area (Å²) in [6, 6.07) is 7.21. The summed E-state index contributed by atoms with van der Waals surface area (Å²) < 4.78 is 28.3. The van der Waals surface area contributed by atoms with Crippen LogP contribution in [0.5, 0.6) is 5.75 Å². The Bertz CT molecular complexity index is 1150. The van der Waals surface area contributed by atoms with Gasteiger partial charge in [0.15, 0.2) is 11.6 Å². The minimum Gasteiger partial charge on any atom is -0.508 e. The van der Waals surface area contributed by atoms with Gasteiger partial charge in [-0.3, -0.25) is 14.2 Å². The van der Waals surface area contributed by atoms with E-state index in [4.69, 9.17) is 0 Å². The predicted molar refractivity (Wildman–Crippen MR) is 109 cm³/mol. The summed E-state index contributed by atoms with van der Waals surface area (Å²) in [4.78, 5) is 25.5. The lowest BCUT2D eigenvalue weighted by atomic mass is 9.76. The molecule has 1 heterocycles. The van der Waals surface area contributed by atoms with E-state index in [-0.39, 0.29) is 11.3 Å². The number of fused-ring (bicyclic) bond motifs is 1. The fraction of sp³-hybridized carbons (Fsp3) is 0.304. The van der Waals surface area contributed by atoms with E-state index in [2.05, 4.69) is 0 Å². The molecular weight excluding hydrogens is 392 g/mol. The van der Waals surface area contributed by atoms with E-state index < -0.39 is 28.9 Å². The molecule has 0 bridgehead atoms. The van der Waals surface area contributed by atoms with Crippen molar-refractivity contribution in [1.29, 1.82) is 0 Å². The van der Waals surface area contributed by atoms with Gasteiger partial charge in [-0.05, 0) is 62.2 Å². The summed E-state index contributed by atoms with van der Waals surface area (Å²) in [6.45, 7) is 5.18. The molecular formula is C23H23F2NO4. The number of aromatic hydroxyl groups is 1. The minimum absolute atomic E-state index is 0.0654. The third kappa shape index (κ3) is 3.44. The van der Waals surface area contributed by atoms with Crippen LogP contribution in [0.2, 0.25) is 0 Å². The van der Waals surface area contributed by atoms with Crippen molar-refractivity contribution in [1.82, 2.24) is 4.57 Å². The molecule has 1 aromatic heterocycles. The van der Waals surface area contributed by atoms with Crippen LogP contribution in [0.15, 0.2) is 36.4 Å². The number of hydrogen-bond donors (Lipinski definition) is 2. The average Bonchev–Trinajstić information content (AvgIpc) is 2.98. The first-order valence-corrected chi connectivity index (χ1v) is 9.69. The number of nitrogens with zero attached hydrogens (tertiary/aromatic N) is 1. The first kappa shape index (κ1) is 21.5. The highest BCUT2D eigenvalue weighted by Gasteiger charge is 2.40. The summed E-state index contributed by atoms with van der Waals surface area (Å²) in [5, 5.41) is 20.5. The third-order valence-corrected chi connectivity index (χ3v) is 5.61. The number of unbranched alkanes of at least 4 members (excludes halogenated alkanes) is 1. The van der Waals surface area contributed by atoms with E-state index in [1.165, 1.54) is 28.8 Å². The molecule has 158 valence electrons. The number of rotatable bonds is 6. The van der Waals surface area contributed by atoms with Gasteiger partial charge < -0.3 is 10.2 Å². The molecule has 3 rings (SSSR count). The fourth-order valence-corrected chi connectivity index (χ4v) is 3.99. The van der Waals surface area contributed by atoms with Gasteiger partial charge in [-0.15, -0.1) is 0 Å². The Labute approximate surface area is 172 Å². The Morgan fingerprint density at radius 1 is 1.10 bits per heavy atom. The van der Waals surface area contributed by atoms with Gasteiger partial charge in [0.1, 0.15) is 5.75 Å². The molecule has 0 aliphatic rings. The van der Waals surface area contributed by atoms with Gasteiger partial charge in [0, 0.05) is 16.6 Å². The molecule has 0 aliphatic heterocycles. The number of carbonyl (C=O) groups is 2. The number of halogens is 2. The number of aliphatic carboxylic acids is 1. The molecule has 0 fully saturated rings. The zero-order valence-corrected chi connectivity index (χ0v) is 17.0. The Kier molecular flexibility index (Phi) is 5.65. The van der Waals surface area contributed by atoms with Crippen LogP contribution in [0.3, 0.4) is 0 Å². The molecule has 0 spiro atoms. The molecule has 5 nitrogen and oxygen atoms in total. The van der Waals surface area contributed by atoms with Gasteiger partial charge in [-0.1, -0.05) is 19.8 Å². The predicted octanol–water partition coefficient (Wildman–Crippen LogP) is 5.15. The molecule has 0 saturated heterocycles. The monoisotopic (exact) mass is 415 g/mol. The summed E-state index contributed by atoms with van der Waals surface area (Å²) in [5.41, 5.74) is -0.180. The largest absolute Gasteiger partial charge is 0.508 e. The third-order valence-electron chi connectivity index (χ3n) is 5.61. The summed E-state index contributed by atoms with van der Waals surface area (Å²) in [5.74, 6) is -3.93. The van der Waals surface area contributed by atoms with Crippen molar-refractivity contribution in [2.45, 2.75) is 45.4 Å². The molecule has 0 saturated carbocycles. The van der Waals surface area contributed by atoms with E-state index in [9.17, 15) is 28.6 Å². The van der Waals surface area contributed by atoms with Crippen molar-refractivity contribution >= 4 is 22.8 Å². The van der Waals surface area contributed by atoms with Gasteiger partial charge in [-0.2, -0.15) is 0 Å². The number of benzene rings is 2. The van der Waals surface area contributed by atoms with Crippen molar-refractivity contribution in [3.8, 4) is 5.75 Å². The summed E-state index contributed by atoms with van der Waals surface area (Å²) in [6.07, 6.45) is 1.79. The first-order valence-electron chi connectivity index (χ1n) is 9.69. The second-order valence-electron chi connectivity index (χ2n) is 7.67. The van der Waals surface area contributed by atoms with Crippen molar-refractivity contribution in [3.05, 3.63) is 64.9 Å². The molecule has 3 aromatic rings. The van der Waals surface area contributed by atoms with Crippen LogP contribution in [0.4, 0.5) is 8.78 Å². The quantitative estimate of drug-likeness (QED) is 0.583. The van der Waals surface area contributed by atoms with Crippen LogP contribution in [-0.2, 0) is 10.2 Å². The zero-order chi connectivity index (χ0) is 22.2. The van der Waals surface area contributed by atoms with Gasteiger partial charge in [0.2, 0.25) is 0 Å². The summed E-state index contributed by atoms with van der Waals surface area (Å²) >= 11 is 0. The Hall–Kier alpha value is -3.22. The van der Waals surface area contributed by atoms with Crippen molar-refractivity contribution in [2.24, 2.45) is 0 Å². The van der Waals surface area contributed by atoms with Crippen LogP contribution < -0.4 is 0 Å². The number of carbonyl (C=O) groups excluding carboxylic acids is 1. The normalized spacial score (nSPS) is 13.4. The number of carboxylic acids is 1. The SMILES string of the molecule is CCCC[C@@](C)(C(=O)O)c1c(C)n(C(=O)c2ccc(F)c(F)c2)c2ccc(O)cc12. The molecule has 0 aliphatic carbocycles. The van der Waals surface area contributed by atoms with E-state index in [1.54, 1.807) is 13.8 Å². The Balaban J connectivity index is 2.32. The van der Waals surface area contributed by atoms with Crippen LogP contribution in [0.25, 0.3) is 10.9 Å². The first-order chi connectivity index (χ1) is 14.1. The second kappa shape index (κ2) is 7.89. The Morgan fingerprint density at radius 2 is 1.80 bits per heavy atom. The molecule has 0 amide bonds. The van der Waals surface area contributed by atoms with Crippen molar-refractivity contribution in [2.75, 3.05) is 0 Å². The summed E-state index contributed by atoms with van der Waals surface area (Å²) in [7, 11) is 0. The fourth-order valence-electron chi connectivity index (χ4n) is 3.99. The lowest BCUT2D eigenvalue weighted by Crippen LogP contribution is -2.33. The van der Waals surface area contributed by atoms with Crippen molar-refractivity contribution in [3.63, 3.8) is 0 Å². The van der Waals surface area contributed by atoms with E-state index in [0.717, 1.165) is 18.6 Å². The average molecular weight is 415 g/mol. The van der Waals surface area contributed by atoms with Gasteiger partial charge in [-0.25, -0.2) is 8.78 Å². The smallest absolute Gasteiger partial charge is 0.313 e. The number of phenols is 1. The molecule has 7 heteroatoms. The van der Waals surface area contributed by atoms with Crippen LogP contribution in [0, 0.1) is 18.6 Å². The van der Waals surface area contributed by atoms with Crippen LogP contribution in [-0.4, -0.2) is 26.7 Å². The highest BCUT2D eigenvalue weighted by Crippen LogP contribution is 2.40. The highest BCUT2D eigenvalue weighted by molar-refractivity contribution is 6.05. The molecule has 0 unspecified atom stereocenters. The van der Waals surface area contributed by atoms with Gasteiger partial charge in [0.25, 0.3) is 5.91 Å². The van der Waals surface area contributed by atoms with Gasteiger partial charge >= 0.3 is 5.97 Å². The van der Waals surface area contributed by atoms with Gasteiger partial charge in [0.05, 0.1) is 10.9 Å². The number of carboxylic acid groups (broad SMARTS) is 1. The number of phenolic OH excluding ortho intramolecular Hbond substituents is 1. The maximum atomic E-state index is 13.7. The maximum absolute atomic E-state index is 13.7. The highest BCUT2D eigenvalue weighted by atomic mass is 19.2. The molecule has 0 radical (unpaired) electrons. The zero-order valence-electron chi connectivity index (χ0n) is 17.0. The molecule has 2 aromatic carbocycles. The van der Waals surface area contributed by atoms with Crippen LogP contribution in [0.1, 0.15) is 54.7 Å². The van der Waals surface area contributed by atoms with Crippen molar-refractivity contribution < 1.29 is 28.6 Å². The molecule has 1 atom stereocenters. The molecule has 30 heavy (non-hydrogen) atoms. The maximum Gasteiger partial charge on any atom is 0.313 e.